The van der Waals surface area contributed by atoms with Crippen molar-refractivity contribution in [2.75, 3.05) is 7.11 Å². The molecule has 1 aliphatic carbocycles. The van der Waals surface area contributed by atoms with Gasteiger partial charge in [0, 0.05) is 7.11 Å². The Balaban J connectivity index is 2.26. The first-order valence-corrected chi connectivity index (χ1v) is 7.19. The van der Waals surface area contributed by atoms with Crippen molar-refractivity contribution in [1.29, 1.82) is 0 Å². The molecule has 3 N–H and O–H groups in total. The van der Waals surface area contributed by atoms with Gasteiger partial charge < -0.3 is 4.74 Å². The molecular formula is C16H25FN2O. The summed E-state index contributed by atoms with van der Waals surface area (Å²) in [6, 6.07) is 6.37. The lowest BCUT2D eigenvalue weighted by Gasteiger charge is -2.47. The van der Waals surface area contributed by atoms with E-state index in [1.54, 1.807) is 19.2 Å². The van der Waals surface area contributed by atoms with Gasteiger partial charge in [-0.25, -0.2) is 4.39 Å². The first-order chi connectivity index (χ1) is 9.42. The van der Waals surface area contributed by atoms with E-state index >= 15 is 0 Å². The fourth-order valence-electron chi connectivity index (χ4n) is 3.17. The van der Waals surface area contributed by atoms with Crippen molar-refractivity contribution in [1.82, 2.24) is 5.43 Å². The lowest BCUT2D eigenvalue weighted by molar-refractivity contribution is -0.0877. The van der Waals surface area contributed by atoms with Gasteiger partial charge >= 0.3 is 0 Å². The SMILES string of the molecule is COC1(C(NN)c2ccc(F)cc2)CCC(C)(C)CC1. The molecule has 0 aromatic heterocycles. The number of benzene rings is 1. The fraction of sp³-hybridized carbons (Fsp3) is 0.625. The number of hydrogen-bond acceptors (Lipinski definition) is 3. The molecule has 4 heteroatoms. The van der Waals surface area contributed by atoms with E-state index in [0.29, 0.717) is 5.41 Å². The highest BCUT2D eigenvalue weighted by molar-refractivity contribution is 5.23. The van der Waals surface area contributed by atoms with Gasteiger partial charge in [-0.1, -0.05) is 26.0 Å². The summed E-state index contributed by atoms with van der Waals surface area (Å²) in [5.41, 5.74) is 3.88. The first-order valence-electron chi connectivity index (χ1n) is 7.19. The van der Waals surface area contributed by atoms with Gasteiger partial charge in [-0.15, -0.1) is 0 Å². The molecular weight excluding hydrogens is 255 g/mol. The Labute approximate surface area is 120 Å². The number of ether oxygens (including phenoxy) is 1. The Morgan fingerprint density at radius 2 is 1.70 bits per heavy atom. The number of rotatable bonds is 4. The maximum Gasteiger partial charge on any atom is 0.123 e. The van der Waals surface area contributed by atoms with E-state index in [-0.39, 0.29) is 17.5 Å². The Morgan fingerprint density at radius 3 is 2.15 bits per heavy atom. The van der Waals surface area contributed by atoms with Gasteiger partial charge in [0.15, 0.2) is 0 Å². The summed E-state index contributed by atoms with van der Waals surface area (Å²) in [6.45, 7) is 4.57. The molecule has 1 aromatic rings. The minimum atomic E-state index is -0.317. The molecule has 112 valence electrons. The van der Waals surface area contributed by atoms with Crippen LogP contribution in [0.4, 0.5) is 4.39 Å². The van der Waals surface area contributed by atoms with E-state index in [4.69, 9.17) is 10.6 Å². The maximum absolute atomic E-state index is 13.1. The minimum absolute atomic E-state index is 0.121. The topological polar surface area (TPSA) is 47.3 Å². The molecule has 1 atom stereocenters. The van der Waals surface area contributed by atoms with Crippen LogP contribution in [0.25, 0.3) is 0 Å². The summed E-state index contributed by atoms with van der Waals surface area (Å²) in [7, 11) is 1.74. The van der Waals surface area contributed by atoms with Crippen molar-refractivity contribution in [3.63, 3.8) is 0 Å². The molecule has 0 saturated heterocycles. The predicted octanol–water partition coefficient (Wildman–Crippen LogP) is 3.32. The number of nitrogens with one attached hydrogen (secondary N) is 1. The lowest BCUT2D eigenvalue weighted by Crippen LogP contribution is -2.51. The summed E-state index contributed by atoms with van der Waals surface area (Å²) in [5, 5.41) is 0. The van der Waals surface area contributed by atoms with Gasteiger partial charge in [0.05, 0.1) is 11.6 Å². The van der Waals surface area contributed by atoms with Gasteiger partial charge in [-0.3, -0.25) is 11.3 Å². The van der Waals surface area contributed by atoms with Crippen LogP contribution in [0.3, 0.4) is 0 Å². The molecule has 20 heavy (non-hydrogen) atoms. The number of hydrazine groups is 1. The molecule has 1 aliphatic rings. The van der Waals surface area contributed by atoms with Crippen LogP contribution in [0, 0.1) is 11.2 Å². The molecule has 2 rings (SSSR count). The predicted molar refractivity (Wildman–Crippen MR) is 78.5 cm³/mol. The molecule has 1 unspecified atom stereocenters. The number of methoxy groups -OCH3 is 1. The average molecular weight is 280 g/mol. The third-order valence-corrected chi connectivity index (χ3v) is 4.75. The van der Waals surface area contributed by atoms with E-state index in [2.05, 4.69) is 19.3 Å². The highest BCUT2D eigenvalue weighted by atomic mass is 19.1. The zero-order chi connectivity index (χ0) is 14.8. The quantitative estimate of drug-likeness (QED) is 0.657. The van der Waals surface area contributed by atoms with Crippen LogP contribution in [-0.4, -0.2) is 12.7 Å². The van der Waals surface area contributed by atoms with Gasteiger partial charge in [-0.2, -0.15) is 0 Å². The molecule has 1 fully saturated rings. The smallest absolute Gasteiger partial charge is 0.123 e. The van der Waals surface area contributed by atoms with E-state index in [1.807, 2.05) is 0 Å². The molecule has 1 saturated carbocycles. The highest BCUT2D eigenvalue weighted by Gasteiger charge is 2.44. The third-order valence-electron chi connectivity index (χ3n) is 4.75. The average Bonchev–Trinajstić information content (AvgIpc) is 2.44. The van der Waals surface area contributed by atoms with Gasteiger partial charge in [-0.05, 0) is 48.8 Å². The number of halogens is 1. The molecule has 3 nitrogen and oxygen atoms in total. The van der Waals surface area contributed by atoms with Crippen molar-refractivity contribution in [2.24, 2.45) is 11.3 Å². The summed E-state index contributed by atoms with van der Waals surface area (Å²) >= 11 is 0. The van der Waals surface area contributed by atoms with Crippen LogP contribution in [0.1, 0.15) is 51.1 Å². The van der Waals surface area contributed by atoms with Crippen LogP contribution in [0.5, 0.6) is 0 Å². The van der Waals surface area contributed by atoms with Crippen molar-refractivity contribution in [2.45, 2.75) is 51.2 Å². The zero-order valence-corrected chi connectivity index (χ0v) is 12.6. The van der Waals surface area contributed by atoms with E-state index < -0.39 is 0 Å². The molecule has 0 radical (unpaired) electrons. The largest absolute Gasteiger partial charge is 0.376 e. The van der Waals surface area contributed by atoms with Crippen molar-refractivity contribution in [3.05, 3.63) is 35.6 Å². The third kappa shape index (κ3) is 3.03. The highest BCUT2D eigenvalue weighted by Crippen LogP contribution is 2.47. The minimum Gasteiger partial charge on any atom is -0.376 e. The van der Waals surface area contributed by atoms with Crippen LogP contribution < -0.4 is 11.3 Å². The summed E-state index contributed by atoms with van der Waals surface area (Å²) in [5.74, 6) is 5.54. The van der Waals surface area contributed by atoms with Crippen LogP contribution in [0.2, 0.25) is 0 Å². The Morgan fingerprint density at radius 1 is 1.15 bits per heavy atom. The molecule has 0 aliphatic heterocycles. The second kappa shape index (κ2) is 5.80. The molecule has 1 aromatic carbocycles. The van der Waals surface area contributed by atoms with Crippen LogP contribution >= 0.6 is 0 Å². The monoisotopic (exact) mass is 280 g/mol. The summed E-state index contributed by atoms with van der Waals surface area (Å²) < 4.78 is 19.0. The summed E-state index contributed by atoms with van der Waals surface area (Å²) in [6.07, 6.45) is 4.09. The van der Waals surface area contributed by atoms with Gasteiger partial charge in [0.25, 0.3) is 0 Å². The standard InChI is InChI=1S/C16H25FN2O/c1-15(2)8-10-16(20-3,11-9-15)14(19-18)12-4-6-13(17)7-5-12/h4-7,14,19H,8-11,18H2,1-3H3. The second-order valence-corrected chi connectivity index (χ2v) is 6.58. The van der Waals surface area contributed by atoms with E-state index in [9.17, 15) is 4.39 Å². The Bertz CT molecular complexity index is 434. The second-order valence-electron chi connectivity index (χ2n) is 6.58. The normalized spacial score (nSPS) is 22.4. The fourth-order valence-corrected chi connectivity index (χ4v) is 3.17. The summed E-state index contributed by atoms with van der Waals surface area (Å²) in [4.78, 5) is 0. The first kappa shape index (κ1) is 15.4. The van der Waals surface area contributed by atoms with E-state index in [1.165, 1.54) is 12.1 Å². The van der Waals surface area contributed by atoms with E-state index in [0.717, 1.165) is 31.2 Å². The zero-order valence-electron chi connectivity index (χ0n) is 12.6. The lowest BCUT2D eigenvalue weighted by atomic mass is 9.67. The molecule has 0 spiro atoms. The molecule has 0 bridgehead atoms. The van der Waals surface area contributed by atoms with Crippen LogP contribution in [0.15, 0.2) is 24.3 Å². The molecule has 0 heterocycles. The van der Waals surface area contributed by atoms with Gasteiger partial charge in [0.1, 0.15) is 5.82 Å². The van der Waals surface area contributed by atoms with Crippen molar-refractivity contribution < 1.29 is 9.13 Å². The van der Waals surface area contributed by atoms with Crippen molar-refractivity contribution in [3.8, 4) is 0 Å². The molecule has 0 amide bonds. The Hall–Kier alpha value is -0.970. The Kier molecular flexibility index (Phi) is 4.47. The van der Waals surface area contributed by atoms with Crippen molar-refractivity contribution >= 4 is 0 Å². The van der Waals surface area contributed by atoms with Gasteiger partial charge in [0.2, 0.25) is 0 Å². The van der Waals surface area contributed by atoms with Crippen LogP contribution in [-0.2, 0) is 4.74 Å². The number of hydrogen-bond donors (Lipinski definition) is 2. The number of nitrogens with two attached hydrogens (primary N) is 1. The maximum atomic E-state index is 13.1.